The van der Waals surface area contributed by atoms with Crippen LogP contribution in [-0.2, 0) is 11.2 Å². The monoisotopic (exact) mass is 475 g/mol. The summed E-state index contributed by atoms with van der Waals surface area (Å²) in [5, 5.41) is 15.4. The minimum Gasteiger partial charge on any atom is -0.406 e. The fraction of sp³-hybridized carbons (Fsp3) is 0.143. The van der Waals surface area contributed by atoms with Crippen LogP contribution < -0.4 is 15.4 Å². The van der Waals surface area contributed by atoms with E-state index >= 15 is 0 Å². The molecule has 0 fully saturated rings. The molecule has 1 aromatic carbocycles. The zero-order valence-corrected chi connectivity index (χ0v) is 17.8. The van der Waals surface area contributed by atoms with Gasteiger partial charge in [-0.2, -0.15) is 0 Å². The van der Waals surface area contributed by atoms with Gasteiger partial charge in [0.15, 0.2) is 0 Å². The standard InChI is InChI=1S/C21H16F3N5O3S/c1-12(30)26-18-11-13(6-8-25-18)10-17-16(7-9-33-17)19-28-29-20(31-19)27-14-2-4-15(5-3-14)32-21(22,23)24/h2-9,11H,10H2,1H3,(H,27,29)(H,25,26,30). The molecule has 0 bridgehead atoms. The SMILES string of the molecule is CC(=O)Nc1cc(Cc2sccc2-c2nnc(Nc3ccc(OC(F)(F)F)cc3)o2)ccn1. The number of amides is 1. The van der Waals surface area contributed by atoms with Crippen molar-refractivity contribution < 1.29 is 27.1 Å². The molecule has 4 aromatic rings. The Bertz CT molecular complexity index is 1250. The molecule has 0 aliphatic carbocycles. The fourth-order valence-corrected chi connectivity index (χ4v) is 3.83. The predicted molar refractivity (Wildman–Crippen MR) is 115 cm³/mol. The molecule has 0 spiro atoms. The van der Waals surface area contributed by atoms with Gasteiger partial charge in [0.25, 0.3) is 5.89 Å². The Morgan fingerprint density at radius 2 is 1.94 bits per heavy atom. The third kappa shape index (κ3) is 6.07. The first-order valence-corrected chi connectivity index (χ1v) is 10.4. The van der Waals surface area contributed by atoms with Crippen molar-refractivity contribution in [3.8, 4) is 17.2 Å². The molecule has 33 heavy (non-hydrogen) atoms. The van der Waals surface area contributed by atoms with E-state index < -0.39 is 6.36 Å². The molecule has 12 heteroatoms. The van der Waals surface area contributed by atoms with Crippen LogP contribution >= 0.6 is 11.3 Å². The molecule has 0 saturated heterocycles. The molecule has 1 amide bonds. The number of nitrogens with zero attached hydrogens (tertiary/aromatic N) is 3. The van der Waals surface area contributed by atoms with Crippen LogP contribution in [0.3, 0.4) is 0 Å². The molecule has 0 radical (unpaired) electrons. The van der Waals surface area contributed by atoms with Crippen molar-refractivity contribution in [2.75, 3.05) is 10.6 Å². The van der Waals surface area contributed by atoms with Crippen molar-refractivity contribution in [1.29, 1.82) is 0 Å². The molecule has 170 valence electrons. The van der Waals surface area contributed by atoms with E-state index in [1.165, 1.54) is 42.5 Å². The first-order valence-electron chi connectivity index (χ1n) is 9.51. The number of alkyl halides is 3. The van der Waals surface area contributed by atoms with Gasteiger partial charge in [-0.25, -0.2) is 4.98 Å². The number of carbonyl (C=O) groups is 1. The number of nitrogens with one attached hydrogen (secondary N) is 2. The number of pyridine rings is 1. The van der Waals surface area contributed by atoms with Crippen molar-refractivity contribution >= 4 is 34.8 Å². The summed E-state index contributed by atoms with van der Waals surface area (Å²) in [5.41, 5.74) is 2.15. The average Bonchev–Trinajstić information content (AvgIpc) is 3.37. The maximum atomic E-state index is 12.3. The summed E-state index contributed by atoms with van der Waals surface area (Å²) in [6.07, 6.45) is -2.57. The second-order valence-electron chi connectivity index (χ2n) is 6.77. The highest BCUT2D eigenvalue weighted by atomic mass is 32.1. The van der Waals surface area contributed by atoms with Crippen molar-refractivity contribution in [2.45, 2.75) is 19.7 Å². The number of hydrogen-bond donors (Lipinski definition) is 2. The second kappa shape index (κ2) is 9.28. The third-order valence-corrected chi connectivity index (χ3v) is 5.15. The molecule has 3 heterocycles. The van der Waals surface area contributed by atoms with Gasteiger partial charge >= 0.3 is 12.4 Å². The Hall–Kier alpha value is -3.93. The predicted octanol–water partition coefficient (Wildman–Crippen LogP) is 5.38. The number of carbonyl (C=O) groups excluding carboxylic acids is 1. The second-order valence-corrected chi connectivity index (χ2v) is 7.77. The Balaban J connectivity index is 1.46. The lowest BCUT2D eigenvalue weighted by Crippen LogP contribution is -2.16. The molecule has 0 aliphatic rings. The van der Waals surface area contributed by atoms with Crippen LogP contribution in [0.25, 0.3) is 11.5 Å². The van der Waals surface area contributed by atoms with E-state index in [1.807, 2.05) is 17.5 Å². The van der Waals surface area contributed by atoms with Gasteiger partial charge in [-0.05, 0) is 53.4 Å². The van der Waals surface area contributed by atoms with Gasteiger partial charge in [0.2, 0.25) is 5.91 Å². The van der Waals surface area contributed by atoms with Gasteiger partial charge in [-0.3, -0.25) is 4.79 Å². The lowest BCUT2D eigenvalue weighted by atomic mass is 10.1. The van der Waals surface area contributed by atoms with E-state index in [2.05, 4.69) is 30.6 Å². The molecule has 0 aliphatic heterocycles. The molecule has 0 unspecified atom stereocenters. The molecule has 4 rings (SSSR count). The van der Waals surface area contributed by atoms with Crippen LogP contribution in [0.4, 0.5) is 30.7 Å². The molecule has 0 atom stereocenters. The molecule has 0 saturated carbocycles. The normalized spacial score (nSPS) is 11.3. The lowest BCUT2D eigenvalue weighted by molar-refractivity contribution is -0.274. The summed E-state index contributed by atoms with van der Waals surface area (Å²) in [5.74, 6) is 0.223. The molecule has 8 nitrogen and oxygen atoms in total. The summed E-state index contributed by atoms with van der Waals surface area (Å²) in [4.78, 5) is 16.3. The number of anilines is 3. The third-order valence-electron chi connectivity index (χ3n) is 4.23. The van der Waals surface area contributed by atoms with E-state index in [1.54, 1.807) is 12.3 Å². The van der Waals surface area contributed by atoms with E-state index in [0.29, 0.717) is 23.8 Å². The summed E-state index contributed by atoms with van der Waals surface area (Å²) in [6, 6.07) is 10.7. The number of halogens is 3. The van der Waals surface area contributed by atoms with Crippen LogP contribution in [0.1, 0.15) is 17.4 Å². The Morgan fingerprint density at radius 3 is 2.67 bits per heavy atom. The number of hydrogen-bond acceptors (Lipinski definition) is 8. The Labute approximate surface area is 189 Å². The van der Waals surface area contributed by atoms with Gasteiger partial charge in [-0.15, -0.1) is 29.6 Å². The first kappa shape index (κ1) is 22.3. The number of rotatable bonds is 7. The van der Waals surface area contributed by atoms with Crippen molar-refractivity contribution in [1.82, 2.24) is 15.2 Å². The number of benzene rings is 1. The molecule has 3 aromatic heterocycles. The van der Waals surface area contributed by atoms with Gasteiger partial charge in [-0.1, -0.05) is 5.10 Å². The summed E-state index contributed by atoms with van der Waals surface area (Å²) in [6.45, 7) is 1.41. The van der Waals surface area contributed by atoms with E-state index in [9.17, 15) is 18.0 Å². The quantitative estimate of drug-likeness (QED) is 0.370. The minimum absolute atomic E-state index is 0.0866. The van der Waals surface area contributed by atoms with Crippen LogP contribution in [0.15, 0.2) is 58.5 Å². The van der Waals surface area contributed by atoms with Crippen LogP contribution in [0.5, 0.6) is 5.75 Å². The van der Waals surface area contributed by atoms with E-state index in [-0.39, 0.29) is 17.7 Å². The highest BCUT2D eigenvalue weighted by molar-refractivity contribution is 7.10. The molecular formula is C21H16F3N5O3S. The van der Waals surface area contributed by atoms with Crippen LogP contribution in [0.2, 0.25) is 0 Å². The summed E-state index contributed by atoms with van der Waals surface area (Å²) in [7, 11) is 0. The highest BCUT2D eigenvalue weighted by Gasteiger charge is 2.31. The first-order chi connectivity index (χ1) is 15.7. The van der Waals surface area contributed by atoms with Crippen molar-refractivity contribution in [3.05, 3.63) is 64.5 Å². The molecule has 2 N–H and O–H groups in total. The maximum Gasteiger partial charge on any atom is 0.573 e. The fourth-order valence-electron chi connectivity index (χ4n) is 2.93. The summed E-state index contributed by atoms with van der Waals surface area (Å²) < 4.78 is 46.4. The van der Waals surface area contributed by atoms with E-state index in [4.69, 9.17) is 4.42 Å². The van der Waals surface area contributed by atoms with Gasteiger partial charge in [0.05, 0.1) is 5.56 Å². The zero-order chi connectivity index (χ0) is 23.4. The zero-order valence-electron chi connectivity index (χ0n) is 17.0. The number of ether oxygens (including phenoxy) is 1. The maximum absolute atomic E-state index is 12.3. The average molecular weight is 475 g/mol. The highest BCUT2D eigenvalue weighted by Crippen LogP contribution is 2.31. The van der Waals surface area contributed by atoms with Gasteiger partial charge in [0, 0.05) is 30.1 Å². The lowest BCUT2D eigenvalue weighted by Gasteiger charge is -2.09. The largest absolute Gasteiger partial charge is 0.573 e. The number of aromatic nitrogens is 3. The van der Waals surface area contributed by atoms with Crippen molar-refractivity contribution in [3.63, 3.8) is 0 Å². The summed E-state index contributed by atoms with van der Waals surface area (Å²) >= 11 is 1.52. The topological polar surface area (TPSA) is 102 Å². The van der Waals surface area contributed by atoms with Crippen molar-refractivity contribution in [2.24, 2.45) is 0 Å². The van der Waals surface area contributed by atoms with Gasteiger partial charge < -0.3 is 19.8 Å². The van der Waals surface area contributed by atoms with Crippen LogP contribution in [0, 0.1) is 0 Å². The molecular weight excluding hydrogens is 459 g/mol. The Morgan fingerprint density at radius 1 is 1.15 bits per heavy atom. The van der Waals surface area contributed by atoms with Gasteiger partial charge in [0.1, 0.15) is 11.6 Å². The minimum atomic E-state index is -4.75. The van der Waals surface area contributed by atoms with Crippen LogP contribution in [-0.4, -0.2) is 27.5 Å². The Kier molecular flexibility index (Phi) is 6.27. The smallest absolute Gasteiger partial charge is 0.406 e. The number of thiophene rings is 1. The van der Waals surface area contributed by atoms with E-state index in [0.717, 1.165) is 16.0 Å².